The molecule has 0 unspecified atom stereocenters. The summed E-state index contributed by atoms with van der Waals surface area (Å²) in [7, 11) is 0. The summed E-state index contributed by atoms with van der Waals surface area (Å²) in [6.45, 7) is 2.98. The van der Waals surface area contributed by atoms with Crippen LogP contribution in [0.1, 0.15) is 24.3 Å². The van der Waals surface area contributed by atoms with Gasteiger partial charge in [-0.25, -0.2) is 4.79 Å². The summed E-state index contributed by atoms with van der Waals surface area (Å²) in [4.78, 5) is 30.8. The predicted octanol–water partition coefficient (Wildman–Crippen LogP) is 2.75. The molecule has 158 valence electrons. The van der Waals surface area contributed by atoms with Crippen LogP contribution in [0.4, 0.5) is 0 Å². The molecule has 1 fully saturated rings. The van der Waals surface area contributed by atoms with Gasteiger partial charge in [-0.1, -0.05) is 47.1 Å². The van der Waals surface area contributed by atoms with E-state index in [1.54, 1.807) is 24.3 Å². The van der Waals surface area contributed by atoms with Gasteiger partial charge in [0.15, 0.2) is 0 Å². The first kappa shape index (κ1) is 19.4. The van der Waals surface area contributed by atoms with Crippen LogP contribution in [0.3, 0.4) is 0 Å². The van der Waals surface area contributed by atoms with E-state index in [9.17, 15) is 9.59 Å². The number of ether oxygens (including phenoxy) is 1. The van der Waals surface area contributed by atoms with E-state index in [0.29, 0.717) is 29.2 Å². The number of aromatic nitrogens is 4. The van der Waals surface area contributed by atoms with E-state index in [-0.39, 0.29) is 24.8 Å². The fourth-order valence-corrected chi connectivity index (χ4v) is 3.95. The summed E-state index contributed by atoms with van der Waals surface area (Å²) in [6.07, 6.45) is 1.64. The van der Waals surface area contributed by atoms with Crippen LogP contribution < -0.4 is 11.2 Å². The highest BCUT2D eigenvalue weighted by Gasteiger charge is 2.21. The maximum Gasteiger partial charge on any atom is 0.332 e. The van der Waals surface area contributed by atoms with Crippen molar-refractivity contribution in [3.63, 3.8) is 0 Å². The zero-order valence-electron chi connectivity index (χ0n) is 17.2. The average molecular weight is 418 g/mol. The third-order valence-corrected chi connectivity index (χ3v) is 5.61. The molecule has 0 saturated carbocycles. The second kappa shape index (κ2) is 7.96. The van der Waals surface area contributed by atoms with Crippen LogP contribution in [-0.2, 0) is 17.8 Å². The van der Waals surface area contributed by atoms with Gasteiger partial charge in [-0.3, -0.25) is 13.9 Å². The van der Waals surface area contributed by atoms with Gasteiger partial charge in [0.25, 0.3) is 5.56 Å². The van der Waals surface area contributed by atoms with Gasteiger partial charge >= 0.3 is 5.69 Å². The summed E-state index contributed by atoms with van der Waals surface area (Å²) < 4.78 is 13.8. The Labute approximate surface area is 177 Å². The molecular formula is C23H22N4O4. The first-order valence-electron chi connectivity index (χ1n) is 10.3. The summed E-state index contributed by atoms with van der Waals surface area (Å²) in [5.41, 5.74) is 1.80. The molecule has 4 aromatic rings. The van der Waals surface area contributed by atoms with E-state index >= 15 is 0 Å². The summed E-state index contributed by atoms with van der Waals surface area (Å²) in [5, 5.41) is 4.53. The molecule has 1 saturated heterocycles. The molecule has 8 nitrogen and oxygen atoms in total. The van der Waals surface area contributed by atoms with Crippen molar-refractivity contribution in [2.24, 2.45) is 0 Å². The summed E-state index contributed by atoms with van der Waals surface area (Å²) >= 11 is 0. The van der Waals surface area contributed by atoms with Gasteiger partial charge in [-0.05, 0) is 31.9 Å². The zero-order chi connectivity index (χ0) is 21.4. The highest BCUT2D eigenvalue weighted by Crippen LogP contribution is 2.18. The van der Waals surface area contributed by atoms with E-state index in [0.717, 1.165) is 24.0 Å². The van der Waals surface area contributed by atoms with Gasteiger partial charge in [0.1, 0.15) is 6.54 Å². The minimum absolute atomic E-state index is 0.0734. The van der Waals surface area contributed by atoms with Crippen molar-refractivity contribution >= 4 is 10.9 Å². The average Bonchev–Trinajstić information content (AvgIpc) is 3.47. The van der Waals surface area contributed by atoms with Gasteiger partial charge in [-0.15, -0.1) is 0 Å². The Balaban J connectivity index is 1.55. The Morgan fingerprint density at radius 2 is 1.87 bits per heavy atom. The van der Waals surface area contributed by atoms with Gasteiger partial charge in [-0.2, -0.15) is 4.98 Å². The monoisotopic (exact) mass is 418 g/mol. The van der Waals surface area contributed by atoms with Crippen LogP contribution in [0.5, 0.6) is 0 Å². The van der Waals surface area contributed by atoms with Crippen molar-refractivity contribution in [1.82, 2.24) is 19.3 Å². The summed E-state index contributed by atoms with van der Waals surface area (Å²) in [6, 6.07) is 14.9. The van der Waals surface area contributed by atoms with Crippen LogP contribution in [-0.4, -0.2) is 32.0 Å². The van der Waals surface area contributed by atoms with E-state index < -0.39 is 5.69 Å². The molecule has 1 aliphatic rings. The van der Waals surface area contributed by atoms with Crippen molar-refractivity contribution in [1.29, 1.82) is 0 Å². The Kier molecular flexibility index (Phi) is 4.99. The lowest BCUT2D eigenvalue weighted by Gasteiger charge is -2.15. The van der Waals surface area contributed by atoms with E-state index in [1.807, 2.05) is 31.2 Å². The topological polar surface area (TPSA) is 92.1 Å². The lowest BCUT2D eigenvalue weighted by Crippen LogP contribution is -2.42. The fourth-order valence-electron chi connectivity index (χ4n) is 3.95. The van der Waals surface area contributed by atoms with Crippen molar-refractivity contribution in [3.8, 4) is 11.4 Å². The van der Waals surface area contributed by atoms with Crippen molar-refractivity contribution < 1.29 is 9.26 Å². The largest absolute Gasteiger partial charge is 0.376 e. The molecule has 0 spiro atoms. The Morgan fingerprint density at radius 1 is 1.06 bits per heavy atom. The van der Waals surface area contributed by atoms with E-state index in [2.05, 4.69) is 10.1 Å². The molecule has 2 aromatic carbocycles. The molecule has 0 bridgehead atoms. The zero-order valence-corrected chi connectivity index (χ0v) is 17.2. The van der Waals surface area contributed by atoms with Crippen LogP contribution in [0.15, 0.2) is 62.6 Å². The molecule has 3 heterocycles. The second-order valence-electron chi connectivity index (χ2n) is 7.81. The van der Waals surface area contributed by atoms with Crippen LogP contribution in [0.2, 0.25) is 0 Å². The Morgan fingerprint density at radius 3 is 2.65 bits per heavy atom. The molecule has 2 aromatic heterocycles. The number of fused-ring (bicyclic) bond motifs is 1. The Bertz CT molecular complexity index is 1340. The van der Waals surface area contributed by atoms with Crippen molar-refractivity contribution in [2.75, 3.05) is 6.61 Å². The van der Waals surface area contributed by atoms with Gasteiger partial charge in [0.05, 0.1) is 23.6 Å². The quantitative estimate of drug-likeness (QED) is 0.495. The maximum atomic E-state index is 13.3. The van der Waals surface area contributed by atoms with Gasteiger partial charge < -0.3 is 9.26 Å². The highest BCUT2D eigenvalue weighted by atomic mass is 16.5. The van der Waals surface area contributed by atoms with E-state index in [1.165, 1.54) is 9.13 Å². The van der Waals surface area contributed by atoms with Gasteiger partial charge in [0, 0.05) is 12.2 Å². The third-order valence-electron chi connectivity index (χ3n) is 5.61. The molecule has 31 heavy (non-hydrogen) atoms. The molecule has 1 atom stereocenters. The number of hydrogen-bond acceptors (Lipinski definition) is 6. The number of aryl methyl sites for hydroxylation is 1. The molecule has 0 amide bonds. The van der Waals surface area contributed by atoms with Crippen LogP contribution >= 0.6 is 0 Å². The molecule has 8 heteroatoms. The Hall–Kier alpha value is -3.52. The standard InChI is InChI=1S/C23H22N4O4/c1-15-8-10-16(11-9-15)21-24-20(31-25-21)14-26-19-7-3-2-6-18(19)22(28)27(23(26)29)13-17-5-4-12-30-17/h2-3,6-11,17H,4-5,12-14H2,1H3/t17-/m0/s1. The SMILES string of the molecule is Cc1ccc(-c2noc(Cn3c(=O)n(C[C@@H]4CCCO4)c(=O)c4ccccc43)n2)cc1. The number of benzene rings is 2. The molecule has 1 aliphatic heterocycles. The van der Waals surface area contributed by atoms with Crippen LogP contribution in [0.25, 0.3) is 22.3 Å². The predicted molar refractivity (Wildman–Crippen MR) is 115 cm³/mol. The normalized spacial score (nSPS) is 16.2. The van der Waals surface area contributed by atoms with Crippen molar-refractivity contribution in [3.05, 3.63) is 80.8 Å². The van der Waals surface area contributed by atoms with Crippen molar-refractivity contribution in [2.45, 2.75) is 39.0 Å². The maximum absolute atomic E-state index is 13.3. The molecule has 5 rings (SSSR count). The lowest BCUT2D eigenvalue weighted by molar-refractivity contribution is 0.0948. The van der Waals surface area contributed by atoms with Crippen LogP contribution in [0, 0.1) is 6.92 Å². The number of rotatable bonds is 5. The fraction of sp³-hybridized carbons (Fsp3) is 0.304. The first-order valence-corrected chi connectivity index (χ1v) is 10.3. The number of nitrogens with zero attached hydrogens (tertiary/aromatic N) is 4. The minimum Gasteiger partial charge on any atom is -0.376 e. The number of para-hydroxylation sites is 1. The highest BCUT2D eigenvalue weighted by molar-refractivity contribution is 5.77. The first-order chi connectivity index (χ1) is 15.1. The molecule has 0 N–H and O–H groups in total. The van der Waals surface area contributed by atoms with E-state index in [4.69, 9.17) is 9.26 Å². The minimum atomic E-state index is -0.408. The second-order valence-corrected chi connectivity index (χ2v) is 7.81. The lowest BCUT2D eigenvalue weighted by atomic mass is 10.1. The molecule has 0 aliphatic carbocycles. The number of hydrogen-bond donors (Lipinski definition) is 0. The smallest absolute Gasteiger partial charge is 0.332 e. The van der Waals surface area contributed by atoms with Gasteiger partial charge in [0.2, 0.25) is 11.7 Å². The molecular weight excluding hydrogens is 396 g/mol. The molecule has 0 radical (unpaired) electrons. The summed E-state index contributed by atoms with van der Waals surface area (Å²) in [5.74, 6) is 0.755. The third kappa shape index (κ3) is 3.70.